The second kappa shape index (κ2) is 10.0. The van der Waals surface area contributed by atoms with E-state index in [1.54, 1.807) is 29.6 Å². The molecule has 0 aromatic carbocycles. The number of hydrogen-bond acceptors (Lipinski definition) is 8. The highest BCUT2D eigenvalue weighted by Crippen LogP contribution is 2.48. The Morgan fingerprint density at radius 3 is 2.57 bits per heavy atom. The van der Waals surface area contributed by atoms with Gasteiger partial charge in [-0.2, -0.15) is 0 Å². The Labute approximate surface area is 209 Å². The summed E-state index contributed by atoms with van der Waals surface area (Å²) in [6.45, 7) is 9.48. The monoisotopic (exact) mass is 502 g/mol. The van der Waals surface area contributed by atoms with E-state index in [0.29, 0.717) is 11.6 Å². The molecule has 0 spiro atoms. The minimum Gasteiger partial charge on any atom is -0.488 e. The van der Waals surface area contributed by atoms with Crippen LogP contribution >= 0.6 is 11.3 Å². The Morgan fingerprint density at radius 2 is 1.91 bits per heavy atom. The average molecular weight is 503 g/mol. The molecule has 190 valence electrons. The van der Waals surface area contributed by atoms with E-state index in [0.717, 1.165) is 54.3 Å². The van der Waals surface area contributed by atoms with Crippen LogP contribution in [0.3, 0.4) is 0 Å². The Hall–Kier alpha value is -2.88. The molecule has 2 aromatic heterocycles. The highest BCUT2D eigenvalue weighted by molar-refractivity contribution is 7.19. The molecular formula is C25H34N4O5S. The summed E-state index contributed by atoms with van der Waals surface area (Å²) in [4.78, 5) is 36.4. The molecule has 0 bridgehead atoms. The van der Waals surface area contributed by atoms with Crippen LogP contribution in [-0.2, 0) is 20.7 Å². The first-order chi connectivity index (χ1) is 16.5. The molecule has 1 saturated carbocycles. The Morgan fingerprint density at radius 1 is 1.20 bits per heavy atom. The van der Waals surface area contributed by atoms with E-state index < -0.39 is 11.5 Å². The lowest BCUT2D eigenvalue weighted by Crippen LogP contribution is -2.43. The van der Waals surface area contributed by atoms with Gasteiger partial charge in [0.25, 0.3) is 5.91 Å². The third kappa shape index (κ3) is 5.69. The normalized spacial score (nSPS) is 21.9. The molecule has 1 atom stereocenters. The zero-order valence-corrected chi connectivity index (χ0v) is 21.7. The van der Waals surface area contributed by atoms with E-state index in [-0.39, 0.29) is 30.8 Å². The van der Waals surface area contributed by atoms with Crippen molar-refractivity contribution in [1.82, 2.24) is 14.9 Å². The maximum atomic E-state index is 12.4. The molecule has 9 nitrogen and oxygen atoms in total. The number of carbonyl (C=O) groups is 2. The number of fused-ring (bicyclic) bond motifs is 3. The molecule has 0 saturated heterocycles. The van der Waals surface area contributed by atoms with Gasteiger partial charge in [-0.1, -0.05) is 6.58 Å². The number of rotatable bonds is 7. The van der Waals surface area contributed by atoms with E-state index in [9.17, 15) is 9.59 Å². The van der Waals surface area contributed by atoms with Crippen molar-refractivity contribution in [3.05, 3.63) is 29.1 Å². The van der Waals surface area contributed by atoms with Crippen LogP contribution in [0.25, 0.3) is 10.2 Å². The van der Waals surface area contributed by atoms with Crippen molar-refractivity contribution >= 4 is 33.6 Å². The highest BCUT2D eigenvalue weighted by atomic mass is 32.1. The van der Waals surface area contributed by atoms with Crippen LogP contribution in [0.1, 0.15) is 69.2 Å². The second-order valence-corrected chi connectivity index (χ2v) is 11.3. The molecule has 2 amide bonds. The van der Waals surface area contributed by atoms with Gasteiger partial charge in [0.1, 0.15) is 22.9 Å². The van der Waals surface area contributed by atoms with Gasteiger partial charge in [0.05, 0.1) is 11.1 Å². The molecule has 2 heterocycles. The first-order valence-corrected chi connectivity index (χ1v) is 12.8. The third-order valence-corrected chi connectivity index (χ3v) is 7.69. The molecule has 1 fully saturated rings. The van der Waals surface area contributed by atoms with Crippen LogP contribution in [0.2, 0.25) is 0 Å². The number of thiophene rings is 1. The lowest BCUT2D eigenvalue weighted by atomic mass is 9.92. The fourth-order valence-corrected chi connectivity index (χ4v) is 6.02. The molecule has 2 aliphatic rings. The summed E-state index contributed by atoms with van der Waals surface area (Å²) in [6.07, 6.45) is 6.28. The van der Waals surface area contributed by atoms with Gasteiger partial charge < -0.3 is 24.8 Å². The van der Waals surface area contributed by atoms with Gasteiger partial charge in [-0.15, -0.1) is 11.3 Å². The number of hydrogen-bond donors (Lipinski definition) is 1. The quantitative estimate of drug-likeness (QED) is 0.561. The molecule has 0 aliphatic heterocycles. The fourth-order valence-electron chi connectivity index (χ4n) is 4.81. The van der Waals surface area contributed by atoms with Gasteiger partial charge in [0, 0.05) is 23.9 Å². The Kier molecular flexibility index (Phi) is 7.21. The summed E-state index contributed by atoms with van der Waals surface area (Å²) in [5.41, 5.74) is 5.81. The largest absolute Gasteiger partial charge is 0.488 e. The number of allylic oxidation sites excluding steroid dienone is 1. The van der Waals surface area contributed by atoms with Gasteiger partial charge >= 0.3 is 6.09 Å². The molecule has 2 N–H and O–H groups in total. The molecule has 4 rings (SSSR count). The molecule has 10 heteroatoms. The van der Waals surface area contributed by atoms with Crippen molar-refractivity contribution in [3.63, 3.8) is 0 Å². The number of aryl methyl sites for hydroxylation is 1. The smallest absolute Gasteiger partial charge is 0.410 e. The predicted octanol–water partition coefficient (Wildman–Crippen LogP) is 4.29. The van der Waals surface area contributed by atoms with Gasteiger partial charge in [-0.3, -0.25) is 4.79 Å². The molecule has 1 unspecified atom stereocenters. The number of amides is 2. The van der Waals surface area contributed by atoms with Gasteiger partial charge in [0.15, 0.2) is 6.61 Å². The fraction of sp³-hybridized carbons (Fsp3) is 0.600. The summed E-state index contributed by atoms with van der Waals surface area (Å²) in [6, 6.07) is 0.121. The van der Waals surface area contributed by atoms with Crippen LogP contribution < -0.4 is 10.5 Å². The highest BCUT2D eigenvalue weighted by Gasteiger charge is 2.34. The number of primary amides is 1. The zero-order valence-electron chi connectivity index (χ0n) is 20.8. The van der Waals surface area contributed by atoms with Crippen LogP contribution in [0.5, 0.6) is 5.88 Å². The predicted molar refractivity (Wildman–Crippen MR) is 133 cm³/mol. The molecule has 2 aromatic rings. The number of aromatic nitrogens is 2. The lowest BCUT2D eigenvalue weighted by molar-refractivity contribution is -0.121. The molecule has 2 aliphatic carbocycles. The second-order valence-electron chi connectivity index (χ2n) is 10.3. The maximum Gasteiger partial charge on any atom is 0.410 e. The number of nitrogens with two attached hydrogens (primary N) is 1. The van der Waals surface area contributed by atoms with Crippen molar-refractivity contribution in [1.29, 1.82) is 0 Å². The summed E-state index contributed by atoms with van der Waals surface area (Å²) >= 11 is 1.64. The van der Waals surface area contributed by atoms with Crippen molar-refractivity contribution in [2.45, 2.75) is 83.0 Å². The Bertz CT molecular complexity index is 1120. The summed E-state index contributed by atoms with van der Waals surface area (Å²) < 4.78 is 17.5. The van der Waals surface area contributed by atoms with E-state index in [1.807, 2.05) is 20.8 Å². The number of nitrogens with zero attached hydrogens (tertiary/aromatic N) is 3. The minimum absolute atomic E-state index is 0.00102. The van der Waals surface area contributed by atoms with E-state index in [2.05, 4.69) is 16.5 Å². The van der Waals surface area contributed by atoms with E-state index in [1.165, 1.54) is 4.88 Å². The van der Waals surface area contributed by atoms with Crippen molar-refractivity contribution in [2.24, 2.45) is 5.73 Å². The summed E-state index contributed by atoms with van der Waals surface area (Å²) in [5, 5.41) is 0.909. The maximum absolute atomic E-state index is 12.4. The first-order valence-electron chi connectivity index (χ1n) is 12.0. The third-order valence-electron chi connectivity index (χ3n) is 6.52. The number of ether oxygens (including phenoxy) is 3. The lowest BCUT2D eigenvalue weighted by Gasteiger charge is -2.35. The van der Waals surface area contributed by atoms with Gasteiger partial charge in [0.2, 0.25) is 5.88 Å². The molecule has 0 radical (unpaired) electrons. The standard InChI is InChI=1S/C25H34N4O5S/c1-14(32-12-19(26)30)17-10-11-18-20(17)21-22(27-13-28-23(21)35-18)33-16-8-6-15(7-9-16)29(5)24(31)34-25(2,3)4/h13,15-17H,1,6-12H2,2-5H3,(H2,26,30). The topological polar surface area (TPSA) is 117 Å². The van der Waals surface area contributed by atoms with Crippen molar-refractivity contribution < 1.29 is 23.8 Å². The van der Waals surface area contributed by atoms with Gasteiger partial charge in [-0.05, 0) is 64.9 Å². The number of carbonyl (C=O) groups excluding carboxylic acids is 2. The average Bonchev–Trinajstić information content (AvgIpc) is 3.36. The van der Waals surface area contributed by atoms with Crippen LogP contribution in [0.4, 0.5) is 4.79 Å². The van der Waals surface area contributed by atoms with E-state index in [4.69, 9.17) is 19.9 Å². The van der Waals surface area contributed by atoms with Crippen LogP contribution in [-0.4, -0.2) is 58.3 Å². The first kappa shape index (κ1) is 25.2. The molecular weight excluding hydrogens is 468 g/mol. The van der Waals surface area contributed by atoms with Crippen LogP contribution in [0.15, 0.2) is 18.7 Å². The van der Waals surface area contributed by atoms with Crippen molar-refractivity contribution in [2.75, 3.05) is 13.7 Å². The zero-order chi connectivity index (χ0) is 25.3. The van der Waals surface area contributed by atoms with E-state index >= 15 is 0 Å². The van der Waals surface area contributed by atoms with Gasteiger partial charge in [-0.25, -0.2) is 14.8 Å². The SMILES string of the molecule is C=C(OCC(N)=O)C1CCc2sc3ncnc(OC4CCC(N(C)C(=O)OC(C)(C)C)CC4)c3c21. The van der Waals surface area contributed by atoms with Crippen LogP contribution in [0, 0.1) is 0 Å². The summed E-state index contributed by atoms with van der Waals surface area (Å²) in [5.74, 6) is 0.526. The minimum atomic E-state index is -0.528. The Balaban J connectivity index is 1.45. The summed E-state index contributed by atoms with van der Waals surface area (Å²) in [7, 11) is 1.80. The molecule has 35 heavy (non-hydrogen) atoms. The van der Waals surface area contributed by atoms with Crippen molar-refractivity contribution in [3.8, 4) is 5.88 Å².